The molecule has 0 saturated carbocycles. The van der Waals surface area contributed by atoms with E-state index in [0.717, 1.165) is 48.1 Å². The quantitative estimate of drug-likeness (QED) is 0.541. The van der Waals surface area contributed by atoms with Gasteiger partial charge in [-0.3, -0.25) is 4.18 Å². The van der Waals surface area contributed by atoms with Crippen LogP contribution in [0.5, 0.6) is 5.75 Å². The van der Waals surface area contributed by atoms with Crippen LogP contribution in [0.3, 0.4) is 0 Å². The zero-order valence-electron chi connectivity index (χ0n) is 13.5. The summed E-state index contributed by atoms with van der Waals surface area (Å²) in [5.74, 6) is 0.860. The molecule has 0 heterocycles. The van der Waals surface area contributed by atoms with E-state index in [1.165, 1.54) is 0 Å². The average Bonchev–Trinajstić information content (AvgIpc) is 2.54. The van der Waals surface area contributed by atoms with Gasteiger partial charge in [0.2, 0.25) is 0 Å². The van der Waals surface area contributed by atoms with Gasteiger partial charge in [0.1, 0.15) is 5.75 Å². The van der Waals surface area contributed by atoms with Gasteiger partial charge in [-0.25, -0.2) is 0 Å². The number of hydrogen-bond acceptors (Lipinski definition) is 4. The third kappa shape index (κ3) is 6.04. The Hall–Kier alpha value is -1.85. The molecule has 0 unspecified atom stereocenters. The van der Waals surface area contributed by atoms with Gasteiger partial charge in [-0.2, -0.15) is 8.42 Å². The minimum atomic E-state index is -3.43. The Kier molecular flexibility index (Phi) is 6.19. The monoisotopic (exact) mass is 334 g/mol. The molecule has 0 bridgehead atoms. The summed E-state index contributed by atoms with van der Waals surface area (Å²) in [4.78, 5) is 0. The van der Waals surface area contributed by atoms with Gasteiger partial charge in [0.05, 0.1) is 19.5 Å². The molecule has 0 N–H and O–H groups in total. The molecule has 4 nitrogen and oxygen atoms in total. The summed E-state index contributed by atoms with van der Waals surface area (Å²) >= 11 is 0. The topological polar surface area (TPSA) is 52.6 Å². The molecule has 0 fully saturated rings. The lowest BCUT2D eigenvalue weighted by molar-refractivity contribution is 0.309. The molecule has 0 aliphatic rings. The van der Waals surface area contributed by atoms with Gasteiger partial charge in [-0.1, -0.05) is 43.7 Å². The highest BCUT2D eigenvalue weighted by molar-refractivity contribution is 7.85. The molecular weight excluding hydrogens is 312 g/mol. The maximum absolute atomic E-state index is 11.1. The van der Waals surface area contributed by atoms with Crippen molar-refractivity contribution in [2.45, 2.75) is 26.4 Å². The second-order valence-electron chi connectivity index (χ2n) is 5.39. The second kappa shape index (κ2) is 8.13. The van der Waals surface area contributed by atoms with Gasteiger partial charge in [0.15, 0.2) is 0 Å². The van der Waals surface area contributed by atoms with Crippen LogP contribution < -0.4 is 4.74 Å². The van der Waals surface area contributed by atoms with E-state index >= 15 is 0 Å². The molecule has 2 rings (SSSR count). The fourth-order valence-electron chi connectivity index (χ4n) is 2.09. The standard InChI is InChI=1S/C18H22O4S/c1-3-4-12-21-18-10-8-16(9-11-18)17-7-5-6-15(13-17)14-22-23(2,19)20/h5-11,13H,3-4,12,14H2,1-2H3. The SMILES string of the molecule is CCCCOc1ccc(-c2cccc(COS(C)(=O)=O)c2)cc1. The molecule has 23 heavy (non-hydrogen) atoms. The summed E-state index contributed by atoms with van der Waals surface area (Å²) in [6, 6.07) is 15.5. The Balaban J connectivity index is 2.06. The number of ether oxygens (including phenoxy) is 1. The molecule has 0 aromatic heterocycles. The summed E-state index contributed by atoms with van der Waals surface area (Å²) < 4.78 is 32.6. The normalized spacial score (nSPS) is 11.4. The fourth-order valence-corrected chi connectivity index (χ4v) is 2.44. The molecule has 0 saturated heterocycles. The van der Waals surface area contributed by atoms with E-state index in [1.807, 2.05) is 48.5 Å². The Morgan fingerprint density at radius 3 is 2.39 bits per heavy atom. The third-order valence-corrected chi connectivity index (χ3v) is 3.87. The molecule has 0 radical (unpaired) electrons. The van der Waals surface area contributed by atoms with Gasteiger partial charge in [0, 0.05) is 0 Å². The van der Waals surface area contributed by atoms with Crippen molar-refractivity contribution in [3.63, 3.8) is 0 Å². The van der Waals surface area contributed by atoms with Crippen LogP contribution in [0, 0.1) is 0 Å². The lowest BCUT2D eigenvalue weighted by atomic mass is 10.0. The van der Waals surface area contributed by atoms with E-state index in [0.29, 0.717) is 0 Å². The van der Waals surface area contributed by atoms with Gasteiger partial charge >= 0.3 is 0 Å². The Labute approximate surface area is 138 Å². The number of hydrogen-bond donors (Lipinski definition) is 0. The largest absolute Gasteiger partial charge is 0.494 e. The molecule has 2 aromatic carbocycles. The first-order chi connectivity index (χ1) is 11.0. The van der Waals surface area contributed by atoms with Crippen LogP contribution in [0.2, 0.25) is 0 Å². The Morgan fingerprint density at radius 1 is 1.00 bits per heavy atom. The van der Waals surface area contributed by atoms with Gasteiger partial charge < -0.3 is 4.74 Å². The summed E-state index contributed by atoms with van der Waals surface area (Å²) in [5.41, 5.74) is 2.88. The molecule has 0 amide bonds. The highest BCUT2D eigenvalue weighted by Crippen LogP contribution is 2.24. The van der Waals surface area contributed by atoms with Gasteiger partial charge in [-0.05, 0) is 41.3 Å². The van der Waals surface area contributed by atoms with Crippen molar-refractivity contribution in [2.75, 3.05) is 12.9 Å². The zero-order chi connectivity index (χ0) is 16.7. The second-order valence-corrected chi connectivity index (χ2v) is 7.04. The Bertz CT molecular complexity index is 721. The lowest BCUT2D eigenvalue weighted by Crippen LogP contribution is -2.02. The van der Waals surface area contributed by atoms with Crippen molar-refractivity contribution in [2.24, 2.45) is 0 Å². The Morgan fingerprint density at radius 2 is 1.74 bits per heavy atom. The molecule has 0 aliphatic carbocycles. The third-order valence-electron chi connectivity index (χ3n) is 3.32. The first-order valence-electron chi connectivity index (χ1n) is 7.64. The summed E-state index contributed by atoms with van der Waals surface area (Å²) in [5, 5.41) is 0. The van der Waals surface area contributed by atoms with E-state index in [-0.39, 0.29) is 6.61 Å². The number of unbranched alkanes of at least 4 members (excludes halogenated alkanes) is 1. The van der Waals surface area contributed by atoms with Crippen molar-refractivity contribution in [1.29, 1.82) is 0 Å². The summed E-state index contributed by atoms with van der Waals surface area (Å²) in [6.45, 7) is 2.91. The van der Waals surface area contributed by atoms with E-state index in [4.69, 9.17) is 8.92 Å². The number of rotatable bonds is 8. The van der Waals surface area contributed by atoms with Crippen molar-refractivity contribution >= 4 is 10.1 Å². The smallest absolute Gasteiger partial charge is 0.264 e. The van der Waals surface area contributed by atoms with Crippen molar-refractivity contribution in [3.8, 4) is 16.9 Å². The van der Waals surface area contributed by atoms with Crippen LogP contribution in [0.4, 0.5) is 0 Å². The van der Waals surface area contributed by atoms with Gasteiger partial charge in [-0.15, -0.1) is 0 Å². The maximum atomic E-state index is 11.1. The summed E-state index contributed by atoms with van der Waals surface area (Å²) in [7, 11) is -3.43. The zero-order valence-corrected chi connectivity index (χ0v) is 14.3. The van der Waals surface area contributed by atoms with E-state index < -0.39 is 10.1 Å². The fraction of sp³-hybridized carbons (Fsp3) is 0.333. The maximum Gasteiger partial charge on any atom is 0.264 e. The highest BCUT2D eigenvalue weighted by atomic mass is 32.2. The molecule has 0 aliphatic heterocycles. The molecular formula is C18H22O4S. The van der Waals surface area contributed by atoms with E-state index in [2.05, 4.69) is 6.92 Å². The van der Waals surface area contributed by atoms with E-state index in [1.54, 1.807) is 0 Å². The van der Waals surface area contributed by atoms with Crippen LogP contribution in [0.1, 0.15) is 25.3 Å². The number of benzene rings is 2. The van der Waals surface area contributed by atoms with Gasteiger partial charge in [0.25, 0.3) is 10.1 Å². The van der Waals surface area contributed by atoms with Crippen LogP contribution in [0.15, 0.2) is 48.5 Å². The van der Waals surface area contributed by atoms with Crippen molar-refractivity contribution < 1.29 is 17.3 Å². The predicted octanol–water partition coefficient (Wildman–Crippen LogP) is 4.01. The molecule has 0 spiro atoms. The van der Waals surface area contributed by atoms with Crippen LogP contribution >= 0.6 is 0 Å². The first-order valence-corrected chi connectivity index (χ1v) is 9.46. The predicted molar refractivity (Wildman–Crippen MR) is 91.9 cm³/mol. The molecule has 5 heteroatoms. The van der Waals surface area contributed by atoms with Crippen LogP contribution in [-0.2, 0) is 20.9 Å². The molecule has 0 atom stereocenters. The highest BCUT2D eigenvalue weighted by Gasteiger charge is 2.05. The van der Waals surface area contributed by atoms with Crippen molar-refractivity contribution in [1.82, 2.24) is 0 Å². The lowest BCUT2D eigenvalue weighted by Gasteiger charge is -2.08. The van der Waals surface area contributed by atoms with Crippen molar-refractivity contribution in [3.05, 3.63) is 54.1 Å². The minimum Gasteiger partial charge on any atom is -0.494 e. The van der Waals surface area contributed by atoms with Crippen LogP contribution in [-0.4, -0.2) is 21.3 Å². The minimum absolute atomic E-state index is 0.0465. The first kappa shape index (κ1) is 17.5. The van der Waals surface area contributed by atoms with Crippen LogP contribution in [0.25, 0.3) is 11.1 Å². The molecule has 124 valence electrons. The molecule has 2 aromatic rings. The summed E-state index contributed by atoms with van der Waals surface area (Å²) in [6.07, 6.45) is 3.21. The van der Waals surface area contributed by atoms with E-state index in [9.17, 15) is 8.42 Å². The average molecular weight is 334 g/mol.